The average Bonchev–Trinajstić information content (AvgIpc) is 2.82. The quantitative estimate of drug-likeness (QED) is 0.899. The van der Waals surface area contributed by atoms with Crippen molar-refractivity contribution in [2.24, 2.45) is 0 Å². The molecule has 0 saturated carbocycles. The van der Waals surface area contributed by atoms with Gasteiger partial charge in [0.25, 0.3) is 5.91 Å². The maximum atomic E-state index is 12.2. The Bertz CT molecular complexity index is 600. The number of rotatable bonds is 2. The van der Waals surface area contributed by atoms with Crippen LogP contribution < -0.4 is 5.32 Å². The molecule has 0 aliphatic heterocycles. The molecule has 0 spiro atoms. The van der Waals surface area contributed by atoms with Crippen molar-refractivity contribution < 1.29 is 4.79 Å². The van der Waals surface area contributed by atoms with Gasteiger partial charge in [-0.3, -0.25) is 4.79 Å². The molecule has 2 aromatic heterocycles. The highest BCUT2D eigenvalue weighted by molar-refractivity contribution is 9.10. The van der Waals surface area contributed by atoms with Gasteiger partial charge in [0.05, 0.1) is 4.88 Å². The van der Waals surface area contributed by atoms with Crippen LogP contribution in [0.3, 0.4) is 0 Å². The van der Waals surface area contributed by atoms with Gasteiger partial charge in [0.15, 0.2) is 0 Å². The Balaban J connectivity index is 1.78. The van der Waals surface area contributed by atoms with Crippen LogP contribution in [0.2, 0.25) is 0 Å². The molecule has 1 aliphatic rings. The SMILES string of the molecule is O=C(Nc1cc(Br)ccn1)c1cc2c(s1)CCCC2. The predicted molar refractivity (Wildman–Crippen MR) is 80.9 cm³/mol. The summed E-state index contributed by atoms with van der Waals surface area (Å²) in [6.07, 6.45) is 6.36. The van der Waals surface area contributed by atoms with Gasteiger partial charge in [0, 0.05) is 15.5 Å². The summed E-state index contributed by atoms with van der Waals surface area (Å²) in [5, 5.41) is 2.84. The van der Waals surface area contributed by atoms with E-state index in [1.165, 1.54) is 23.3 Å². The number of pyridine rings is 1. The number of halogens is 1. The van der Waals surface area contributed by atoms with E-state index in [0.29, 0.717) is 5.82 Å². The van der Waals surface area contributed by atoms with Crippen LogP contribution in [0.4, 0.5) is 5.82 Å². The number of thiophene rings is 1. The Morgan fingerprint density at radius 3 is 2.95 bits per heavy atom. The number of amides is 1. The predicted octanol–water partition coefficient (Wildman–Crippen LogP) is 4.04. The maximum absolute atomic E-state index is 12.2. The van der Waals surface area contributed by atoms with E-state index < -0.39 is 0 Å². The molecular formula is C14H13BrN2OS. The third kappa shape index (κ3) is 2.87. The number of anilines is 1. The van der Waals surface area contributed by atoms with Gasteiger partial charge in [-0.05, 0) is 49.4 Å². The third-order valence-corrected chi connectivity index (χ3v) is 4.91. The highest BCUT2D eigenvalue weighted by atomic mass is 79.9. The van der Waals surface area contributed by atoms with E-state index in [0.717, 1.165) is 22.2 Å². The normalized spacial score (nSPS) is 13.9. The fourth-order valence-electron chi connectivity index (χ4n) is 2.25. The minimum Gasteiger partial charge on any atom is -0.306 e. The molecule has 3 rings (SSSR count). The molecule has 0 radical (unpaired) electrons. The first-order valence-corrected chi connectivity index (χ1v) is 7.88. The average molecular weight is 337 g/mol. The third-order valence-electron chi connectivity index (χ3n) is 3.18. The van der Waals surface area contributed by atoms with Crippen molar-refractivity contribution in [3.05, 3.63) is 44.2 Å². The molecule has 0 saturated heterocycles. The smallest absolute Gasteiger partial charge is 0.266 e. The second-order valence-corrected chi connectivity index (χ2v) is 6.63. The fourth-order valence-corrected chi connectivity index (χ4v) is 3.74. The van der Waals surface area contributed by atoms with Crippen LogP contribution in [-0.2, 0) is 12.8 Å². The second kappa shape index (κ2) is 5.43. The Morgan fingerprint density at radius 2 is 2.16 bits per heavy atom. The van der Waals surface area contributed by atoms with Crippen LogP contribution in [0, 0.1) is 0 Å². The lowest BCUT2D eigenvalue weighted by Crippen LogP contribution is -2.11. The number of hydrogen-bond acceptors (Lipinski definition) is 3. The second-order valence-electron chi connectivity index (χ2n) is 4.58. The molecule has 0 fully saturated rings. The monoisotopic (exact) mass is 336 g/mol. The van der Waals surface area contributed by atoms with E-state index >= 15 is 0 Å². The standard InChI is InChI=1S/C14H13BrN2OS/c15-10-5-6-16-13(8-10)17-14(18)12-7-9-3-1-2-4-11(9)19-12/h5-8H,1-4H2,(H,16,17,18). The maximum Gasteiger partial charge on any atom is 0.266 e. The Morgan fingerprint density at radius 1 is 1.32 bits per heavy atom. The lowest BCUT2D eigenvalue weighted by Gasteiger charge is -2.08. The number of hydrogen-bond donors (Lipinski definition) is 1. The number of nitrogens with zero attached hydrogens (tertiary/aromatic N) is 1. The summed E-state index contributed by atoms with van der Waals surface area (Å²) in [6.45, 7) is 0. The summed E-state index contributed by atoms with van der Waals surface area (Å²) < 4.78 is 0.906. The van der Waals surface area contributed by atoms with Gasteiger partial charge in [0.2, 0.25) is 0 Å². The van der Waals surface area contributed by atoms with Crippen molar-refractivity contribution in [2.75, 3.05) is 5.32 Å². The minimum absolute atomic E-state index is 0.0648. The van der Waals surface area contributed by atoms with Gasteiger partial charge in [-0.25, -0.2) is 4.98 Å². The first-order chi connectivity index (χ1) is 9.22. The van der Waals surface area contributed by atoms with E-state index in [1.54, 1.807) is 23.6 Å². The number of nitrogens with one attached hydrogen (secondary N) is 1. The summed E-state index contributed by atoms with van der Waals surface area (Å²) in [5.41, 5.74) is 1.35. The first kappa shape index (κ1) is 12.8. The lowest BCUT2D eigenvalue weighted by atomic mass is 9.99. The fraction of sp³-hybridized carbons (Fsp3) is 0.286. The van der Waals surface area contributed by atoms with Crippen molar-refractivity contribution in [1.29, 1.82) is 0 Å². The summed E-state index contributed by atoms with van der Waals surface area (Å²) in [7, 11) is 0. The molecule has 0 aromatic carbocycles. The van der Waals surface area contributed by atoms with Crippen LogP contribution in [0.5, 0.6) is 0 Å². The van der Waals surface area contributed by atoms with Gasteiger partial charge in [-0.2, -0.15) is 0 Å². The molecule has 2 heterocycles. The first-order valence-electron chi connectivity index (χ1n) is 6.27. The van der Waals surface area contributed by atoms with Crippen molar-refractivity contribution in [2.45, 2.75) is 25.7 Å². The van der Waals surface area contributed by atoms with Crippen LogP contribution in [0.25, 0.3) is 0 Å². The number of aryl methyl sites for hydroxylation is 2. The molecule has 0 atom stereocenters. The minimum atomic E-state index is -0.0648. The van der Waals surface area contributed by atoms with Gasteiger partial charge < -0.3 is 5.32 Å². The molecule has 19 heavy (non-hydrogen) atoms. The number of aromatic nitrogens is 1. The van der Waals surface area contributed by atoms with E-state index in [2.05, 4.69) is 26.2 Å². The van der Waals surface area contributed by atoms with Crippen LogP contribution >= 0.6 is 27.3 Å². The van der Waals surface area contributed by atoms with Gasteiger partial charge in [-0.15, -0.1) is 11.3 Å². The molecule has 98 valence electrons. The summed E-state index contributed by atoms with van der Waals surface area (Å²) >= 11 is 4.98. The number of carbonyl (C=O) groups is 1. The highest BCUT2D eigenvalue weighted by Gasteiger charge is 2.17. The Labute approximate surface area is 124 Å². The van der Waals surface area contributed by atoms with E-state index in [1.807, 2.05) is 12.1 Å². The highest BCUT2D eigenvalue weighted by Crippen LogP contribution is 2.30. The van der Waals surface area contributed by atoms with Gasteiger partial charge >= 0.3 is 0 Å². The van der Waals surface area contributed by atoms with Crippen molar-refractivity contribution >= 4 is 39.0 Å². The molecule has 2 aromatic rings. The zero-order valence-electron chi connectivity index (χ0n) is 10.3. The molecular weight excluding hydrogens is 324 g/mol. The van der Waals surface area contributed by atoms with Crippen molar-refractivity contribution in [1.82, 2.24) is 4.98 Å². The molecule has 5 heteroatoms. The van der Waals surface area contributed by atoms with Crippen molar-refractivity contribution in [3.8, 4) is 0 Å². The number of carbonyl (C=O) groups excluding carboxylic acids is 1. The molecule has 1 N–H and O–H groups in total. The van der Waals surface area contributed by atoms with E-state index in [4.69, 9.17) is 0 Å². The zero-order chi connectivity index (χ0) is 13.2. The topological polar surface area (TPSA) is 42.0 Å². The lowest BCUT2D eigenvalue weighted by molar-refractivity contribution is 0.103. The van der Waals surface area contributed by atoms with Crippen LogP contribution in [0.1, 0.15) is 33.0 Å². The van der Waals surface area contributed by atoms with Crippen LogP contribution in [-0.4, -0.2) is 10.9 Å². The van der Waals surface area contributed by atoms with Crippen LogP contribution in [0.15, 0.2) is 28.9 Å². The largest absolute Gasteiger partial charge is 0.306 e. The van der Waals surface area contributed by atoms with E-state index in [-0.39, 0.29) is 5.91 Å². The molecule has 0 bridgehead atoms. The van der Waals surface area contributed by atoms with Gasteiger partial charge in [0.1, 0.15) is 5.82 Å². The molecule has 1 aliphatic carbocycles. The molecule has 0 unspecified atom stereocenters. The Kier molecular flexibility index (Phi) is 3.66. The zero-order valence-corrected chi connectivity index (χ0v) is 12.7. The Hall–Kier alpha value is -1.20. The van der Waals surface area contributed by atoms with E-state index in [9.17, 15) is 4.79 Å². The summed E-state index contributed by atoms with van der Waals surface area (Å²) in [6, 6.07) is 5.66. The molecule has 1 amide bonds. The summed E-state index contributed by atoms with van der Waals surface area (Å²) in [5.74, 6) is 0.510. The summed E-state index contributed by atoms with van der Waals surface area (Å²) in [4.78, 5) is 18.5. The molecule has 3 nitrogen and oxygen atoms in total. The van der Waals surface area contributed by atoms with Crippen molar-refractivity contribution in [3.63, 3.8) is 0 Å². The number of fused-ring (bicyclic) bond motifs is 1. The van der Waals surface area contributed by atoms with Gasteiger partial charge in [-0.1, -0.05) is 15.9 Å².